The van der Waals surface area contributed by atoms with Crippen molar-refractivity contribution in [2.75, 3.05) is 0 Å². The molecular formula is C84H108N4O4. The normalized spacial score (nSPS) is 13.6. The van der Waals surface area contributed by atoms with Crippen LogP contribution in [0.1, 0.15) is 254 Å². The zero-order chi connectivity index (χ0) is 66.7. The van der Waals surface area contributed by atoms with E-state index in [1.165, 1.54) is 22.3 Å². The molecule has 0 saturated carbocycles. The summed E-state index contributed by atoms with van der Waals surface area (Å²) in [7, 11) is 0. The Morgan fingerprint density at radius 2 is 0.435 bits per heavy atom. The summed E-state index contributed by atoms with van der Waals surface area (Å²) in [6.45, 7) is 48.8. The van der Waals surface area contributed by atoms with Gasteiger partial charge in [0.05, 0.1) is 22.8 Å². The average Bonchev–Trinajstić information content (AvgIpc) is 0.772. The Morgan fingerprint density at radius 1 is 0.261 bits per heavy atom. The minimum absolute atomic E-state index is 0.0341. The fraction of sp³-hybridized carbons (Fsp3) is 0.476. The molecule has 0 spiro atoms. The highest BCUT2D eigenvalue weighted by molar-refractivity contribution is 5.60. The van der Waals surface area contributed by atoms with Crippen molar-refractivity contribution in [3.8, 4) is 23.0 Å². The second kappa shape index (κ2) is 27.3. The van der Waals surface area contributed by atoms with Gasteiger partial charge in [0.2, 0.25) is 0 Å². The van der Waals surface area contributed by atoms with E-state index in [9.17, 15) is 0 Å². The lowest BCUT2D eigenvalue weighted by Crippen LogP contribution is -2.26. The number of hydrogen-bond donors (Lipinski definition) is 0. The number of nitrogens with zero attached hydrogens (tertiary/aromatic N) is 4. The minimum Gasteiger partial charge on any atom is -0.487 e. The zero-order valence-electron chi connectivity index (χ0n) is 59.8. The summed E-state index contributed by atoms with van der Waals surface area (Å²) in [5.74, 6) is 3.42. The third-order valence-corrected chi connectivity index (χ3v) is 17.9. The number of rotatable bonds is 20. The lowest BCUT2D eigenvalue weighted by atomic mass is 9.70. The van der Waals surface area contributed by atoms with Gasteiger partial charge in [-0.15, -0.1) is 0 Å². The summed E-state index contributed by atoms with van der Waals surface area (Å²) in [4.78, 5) is 19.4. The molecule has 0 aliphatic heterocycles. The first-order chi connectivity index (χ1) is 43.0. The number of ether oxygens (including phenoxy) is 4. The molecule has 488 valence electrons. The second-order valence-corrected chi connectivity index (χ2v) is 34.1. The molecular weight excluding hydrogens is 1130 g/mol. The fourth-order valence-electron chi connectivity index (χ4n) is 15.4. The smallest absolute Gasteiger partial charge is 0.130 e. The molecule has 0 fully saturated rings. The molecule has 0 N–H and O–H groups in total. The highest BCUT2D eigenvalue weighted by atomic mass is 16.5. The summed E-state index contributed by atoms with van der Waals surface area (Å²) in [6, 6.07) is 44.0. The van der Waals surface area contributed by atoms with E-state index >= 15 is 0 Å². The van der Waals surface area contributed by atoms with E-state index in [-0.39, 0.29) is 69.7 Å². The van der Waals surface area contributed by atoms with Crippen LogP contribution < -0.4 is 18.9 Å². The summed E-state index contributed by atoms with van der Waals surface area (Å²) >= 11 is 0. The molecule has 4 aromatic heterocycles. The summed E-state index contributed by atoms with van der Waals surface area (Å²) in [5, 5.41) is 0. The molecule has 0 unspecified atom stereocenters. The molecule has 4 aromatic carbocycles. The van der Waals surface area contributed by atoms with Crippen molar-refractivity contribution < 1.29 is 18.9 Å². The lowest BCUT2D eigenvalue weighted by Gasteiger charge is -2.36. The fourth-order valence-corrected chi connectivity index (χ4v) is 15.4. The topological polar surface area (TPSA) is 88.5 Å². The van der Waals surface area contributed by atoms with Gasteiger partial charge >= 0.3 is 0 Å². The van der Waals surface area contributed by atoms with Gasteiger partial charge in [0.1, 0.15) is 49.4 Å². The zero-order valence-corrected chi connectivity index (χ0v) is 59.8. The summed E-state index contributed by atoms with van der Waals surface area (Å²) < 4.78 is 29.9. The maximum atomic E-state index is 7.48. The first kappa shape index (κ1) is 69.0. The SMILES string of the molecule is CC(C)(C)CC(C)(C)c1cc2c(OCc3ccccn3)c(c1)Cc1cc(C(C)(C)CC(C)(C)C)cc(c1OCc1ccccn1)Cc1cc(C(C)(C)CC(C)(C)C)cc(c1OCc1ccccn1)Cc1cc(C(C)(C)CC(C)(C)C)cc(c1OCc1ccccn1)C2. The lowest BCUT2D eigenvalue weighted by molar-refractivity contribution is 0.280. The van der Waals surface area contributed by atoms with Gasteiger partial charge in [0.15, 0.2) is 0 Å². The predicted molar refractivity (Wildman–Crippen MR) is 380 cm³/mol. The van der Waals surface area contributed by atoms with Crippen molar-refractivity contribution in [2.24, 2.45) is 21.7 Å². The standard InChI is InChI=1S/C84H108N4O4/c1-77(2,3)53-81(13,14)65-41-57-37-59-43-66(82(15,16)54-78(4,5)6)45-61(74(59)90-50-70-30-22-26-34-86-70)39-63-47-68(84(19,20)56-80(10,11)12)48-64(76(63)92-52-72-32-24-28-36-88-72)40-62-46-67(83(17,18)55-79(7,8)9)44-60(75(62)91-51-71-31-23-27-35-87-71)38-58(42-65)73(57)89-49-69-29-21-25-33-85-69/h21-36,41-48H,37-40,49-56H2,1-20H3. The Bertz CT molecular complexity index is 3190. The van der Waals surface area contributed by atoms with E-state index in [1.807, 2.05) is 73.3 Å². The van der Waals surface area contributed by atoms with Crippen molar-refractivity contribution in [1.29, 1.82) is 0 Å². The number of pyridine rings is 4. The van der Waals surface area contributed by atoms with E-state index in [0.29, 0.717) is 25.7 Å². The Balaban J connectivity index is 1.46. The van der Waals surface area contributed by atoms with Crippen LogP contribution >= 0.6 is 0 Å². The largest absolute Gasteiger partial charge is 0.487 e. The van der Waals surface area contributed by atoms with Gasteiger partial charge < -0.3 is 18.9 Å². The summed E-state index contributed by atoms with van der Waals surface area (Å²) in [6.07, 6.45) is 13.4. The molecule has 8 bridgehead atoms. The predicted octanol–water partition coefficient (Wildman–Crippen LogP) is 21.1. The van der Waals surface area contributed by atoms with Crippen molar-refractivity contribution in [1.82, 2.24) is 19.9 Å². The number of benzene rings is 4. The van der Waals surface area contributed by atoms with Crippen molar-refractivity contribution in [3.05, 3.63) is 236 Å². The van der Waals surface area contributed by atoms with Crippen LogP contribution in [0.3, 0.4) is 0 Å². The minimum atomic E-state index is -0.241. The van der Waals surface area contributed by atoms with Crippen LogP contribution in [0.2, 0.25) is 0 Å². The molecule has 0 atom stereocenters. The Morgan fingerprint density at radius 3 is 0.576 bits per heavy atom. The maximum absolute atomic E-state index is 7.48. The van der Waals surface area contributed by atoms with Gasteiger partial charge in [-0.1, -0.05) is 211 Å². The number of fused-ring (bicyclic) bond motifs is 8. The molecule has 1 aliphatic rings. The quantitative estimate of drug-likeness (QED) is 0.0746. The molecule has 0 saturated heterocycles. The van der Waals surface area contributed by atoms with Crippen LogP contribution in [0.5, 0.6) is 23.0 Å². The van der Waals surface area contributed by atoms with Gasteiger partial charge in [0, 0.05) is 50.5 Å². The van der Waals surface area contributed by atoms with E-state index in [1.54, 1.807) is 0 Å². The van der Waals surface area contributed by atoms with Crippen LogP contribution in [0, 0.1) is 21.7 Å². The van der Waals surface area contributed by atoms with E-state index in [2.05, 4.69) is 211 Å². The third-order valence-electron chi connectivity index (χ3n) is 17.9. The van der Waals surface area contributed by atoms with E-state index < -0.39 is 0 Å². The molecule has 8 aromatic rings. The average molecular weight is 1240 g/mol. The highest BCUT2D eigenvalue weighted by Crippen LogP contribution is 2.49. The molecule has 8 heteroatoms. The van der Waals surface area contributed by atoms with Gasteiger partial charge in [-0.25, -0.2) is 0 Å². The Hall–Kier alpha value is -7.32. The van der Waals surface area contributed by atoms with Crippen molar-refractivity contribution in [2.45, 2.75) is 238 Å². The van der Waals surface area contributed by atoms with Crippen molar-refractivity contribution in [3.63, 3.8) is 0 Å². The maximum Gasteiger partial charge on any atom is 0.130 e. The molecule has 1 aliphatic carbocycles. The molecule has 9 rings (SSSR count). The summed E-state index contributed by atoms with van der Waals surface area (Å²) in [5.41, 5.74) is 16.4. The Kier molecular flexibility index (Phi) is 20.5. The van der Waals surface area contributed by atoms with Crippen LogP contribution in [0.25, 0.3) is 0 Å². The van der Waals surface area contributed by atoms with E-state index in [4.69, 9.17) is 38.9 Å². The van der Waals surface area contributed by atoms with Gasteiger partial charge in [-0.05, 0) is 184 Å². The second-order valence-electron chi connectivity index (χ2n) is 34.1. The molecule has 8 nitrogen and oxygen atoms in total. The van der Waals surface area contributed by atoms with Crippen LogP contribution in [0.15, 0.2) is 146 Å². The molecule has 4 heterocycles. The van der Waals surface area contributed by atoms with E-state index in [0.717, 1.165) is 116 Å². The van der Waals surface area contributed by atoms with Crippen LogP contribution in [-0.2, 0) is 73.8 Å². The van der Waals surface area contributed by atoms with Crippen molar-refractivity contribution >= 4 is 0 Å². The Labute approximate surface area is 554 Å². The number of aromatic nitrogens is 4. The van der Waals surface area contributed by atoms with Gasteiger partial charge in [-0.2, -0.15) is 0 Å². The monoisotopic (exact) mass is 1240 g/mol. The van der Waals surface area contributed by atoms with Crippen LogP contribution in [-0.4, -0.2) is 19.9 Å². The van der Waals surface area contributed by atoms with Gasteiger partial charge in [-0.3, -0.25) is 19.9 Å². The van der Waals surface area contributed by atoms with Gasteiger partial charge in [0.25, 0.3) is 0 Å². The third kappa shape index (κ3) is 18.5. The first-order valence-electron chi connectivity index (χ1n) is 33.7. The molecule has 0 amide bonds. The highest BCUT2D eigenvalue weighted by Gasteiger charge is 2.36. The van der Waals surface area contributed by atoms with Crippen LogP contribution in [0.4, 0.5) is 0 Å². The first-order valence-corrected chi connectivity index (χ1v) is 33.7. The number of hydrogen-bond acceptors (Lipinski definition) is 8. The molecule has 0 radical (unpaired) electrons. The molecule has 92 heavy (non-hydrogen) atoms.